The van der Waals surface area contributed by atoms with Gasteiger partial charge in [0.25, 0.3) is 0 Å². The van der Waals surface area contributed by atoms with Crippen LogP contribution in [0.3, 0.4) is 0 Å². The highest BCUT2D eigenvalue weighted by atomic mass is 32.2. The smallest absolute Gasteiger partial charge is 0.182 e. The van der Waals surface area contributed by atoms with Crippen LogP contribution in [0.25, 0.3) is 0 Å². The van der Waals surface area contributed by atoms with Gasteiger partial charge in [0, 0.05) is 5.69 Å². The van der Waals surface area contributed by atoms with Gasteiger partial charge in [-0.25, -0.2) is 8.42 Å². The Labute approximate surface area is 118 Å². The molecule has 0 bridgehead atoms. The van der Waals surface area contributed by atoms with Crippen molar-refractivity contribution in [3.63, 3.8) is 0 Å². The first-order chi connectivity index (χ1) is 9.45. The van der Waals surface area contributed by atoms with Crippen molar-refractivity contribution in [3.8, 4) is 6.07 Å². The van der Waals surface area contributed by atoms with E-state index < -0.39 is 9.84 Å². The number of nitrogens with zero attached hydrogens (tertiary/aromatic N) is 1. The molecule has 4 nitrogen and oxygen atoms in total. The van der Waals surface area contributed by atoms with Crippen LogP contribution in [0.15, 0.2) is 47.4 Å². The van der Waals surface area contributed by atoms with Crippen LogP contribution >= 0.6 is 0 Å². The zero-order chi connectivity index (χ0) is 14.8. The Morgan fingerprint density at radius 1 is 1.15 bits per heavy atom. The van der Waals surface area contributed by atoms with Gasteiger partial charge >= 0.3 is 0 Å². The number of nitrogen functional groups attached to an aromatic ring is 1. The summed E-state index contributed by atoms with van der Waals surface area (Å²) in [4.78, 5) is 0.213. The molecule has 0 atom stereocenters. The Balaban J connectivity index is 2.47. The summed E-state index contributed by atoms with van der Waals surface area (Å²) in [7, 11) is -3.53. The van der Waals surface area contributed by atoms with Crippen molar-refractivity contribution in [1.82, 2.24) is 0 Å². The molecule has 0 aromatic heterocycles. The summed E-state index contributed by atoms with van der Waals surface area (Å²) < 4.78 is 25.0. The van der Waals surface area contributed by atoms with Crippen molar-refractivity contribution in [2.24, 2.45) is 0 Å². The summed E-state index contributed by atoms with van der Waals surface area (Å²) >= 11 is 0. The molecule has 0 fully saturated rings. The summed E-state index contributed by atoms with van der Waals surface area (Å²) in [5.74, 6) is -0.207. The van der Waals surface area contributed by atoms with E-state index in [4.69, 9.17) is 11.0 Å². The SMILES string of the molecule is Cc1c(N)cccc1S(=O)(=O)Cc1ccccc1C#N. The molecule has 0 aliphatic carbocycles. The van der Waals surface area contributed by atoms with Gasteiger partial charge in [-0.05, 0) is 36.2 Å². The third-order valence-corrected chi connectivity index (χ3v) is 4.95. The molecular formula is C15H14N2O2S. The molecule has 0 heterocycles. The van der Waals surface area contributed by atoms with Gasteiger partial charge in [-0.2, -0.15) is 5.26 Å². The van der Waals surface area contributed by atoms with Crippen molar-refractivity contribution in [1.29, 1.82) is 5.26 Å². The molecule has 0 radical (unpaired) electrons. The predicted molar refractivity (Wildman–Crippen MR) is 77.6 cm³/mol. The number of anilines is 1. The fourth-order valence-electron chi connectivity index (χ4n) is 2.01. The highest BCUT2D eigenvalue weighted by molar-refractivity contribution is 7.90. The largest absolute Gasteiger partial charge is 0.398 e. The van der Waals surface area contributed by atoms with E-state index in [-0.39, 0.29) is 10.6 Å². The van der Waals surface area contributed by atoms with Crippen molar-refractivity contribution in [2.75, 3.05) is 5.73 Å². The van der Waals surface area contributed by atoms with Gasteiger partial charge in [0.05, 0.1) is 22.3 Å². The average Bonchev–Trinajstić information content (AvgIpc) is 2.42. The lowest BCUT2D eigenvalue weighted by molar-refractivity contribution is 0.594. The maximum absolute atomic E-state index is 12.5. The summed E-state index contributed by atoms with van der Waals surface area (Å²) in [6.07, 6.45) is 0. The second kappa shape index (κ2) is 5.35. The van der Waals surface area contributed by atoms with Crippen LogP contribution in [-0.4, -0.2) is 8.42 Å². The molecule has 2 aromatic carbocycles. The number of rotatable bonds is 3. The van der Waals surface area contributed by atoms with Gasteiger partial charge in [0.15, 0.2) is 9.84 Å². The molecular weight excluding hydrogens is 272 g/mol. The first kappa shape index (κ1) is 14.1. The molecule has 0 unspecified atom stereocenters. The molecule has 2 aromatic rings. The van der Waals surface area contributed by atoms with E-state index in [1.165, 1.54) is 6.07 Å². The highest BCUT2D eigenvalue weighted by Crippen LogP contribution is 2.24. The maximum atomic E-state index is 12.5. The van der Waals surface area contributed by atoms with Gasteiger partial charge in [0.1, 0.15) is 0 Å². The first-order valence-electron chi connectivity index (χ1n) is 6.01. The lowest BCUT2D eigenvalue weighted by Crippen LogP contribution is -2.09. The summed E-state index contributed by atoms with van der Waals surface area (Å²) in [5, 5.41) is 9.02. The number of benzene rings is 2. The van der Waals surface area contributed by atoms with Crippen molar-refractivity contribution in [2.45, 2.75) is 17.6 Å². The van der Waals surface area contributed by atoms with E-state index in [0.717, 1.165) is 0 Å². The molecule has 0 aliphatic rings. The second-order valence-electron chi connectivity index (χ2n) is 4.50. The number of hydrogen-bond donors (Lipinski definition) is 1. The minimum atomic E-state index is -3.53. The standard InChI is InChI=1S/C15H14N2O2S/c1-11-14(17)7-4-8-15(11)20(18,19)10-13-6-3-2-5-12(13)9-16/h2-8H,10,17H2,1H3. The van der Waals surface area contributed by atoms with E-state index >= 15 is 0 Å². The van der Waals surface area contributed by atoms with Crippen molar-refractivity contribution >= 4 is 15.5 Å². The molecule has 2 N–H and O–H groups in total. The minimum Gasteiger partial charge on any atom is -0.398 e. The number of nitriles is 1. The van der Waals surface area contributed by atoms with Crippen molar-refractivity contribution < 1.29 is 8.42 Å². The van der Waals surface area contributed by atoms with Crippen LogP contribution in [0.5, 0.6) is 0 Å². The third-order valence-electron chi connectivity index (χ3n) is 3.14. The topological polar surface area (TPSA) is 84.0 Å². The van der Waals surface area contributed by atoms with Crippen molar-refractivity contribution in [3.05, 3.63) is 59.2 Å². The Morgan fingerprint density at radius 2 is 1.85 bits per heavy atom. The van der Waals surface area contributed by atoms with Crippen LogP contribution in [0, 0.1) is 18.3 Å². The van der Waals surface area contributed by atoms with E-state index in [9.17, 15) is 8.42 Å². The zero-order valence-electron chi connectivity index (χ0n) is 11.0. The maximum Gasteiger partial charge on any atom is 0.182 e. The zero-order valence-corrected chi connectivity index (χ0v) is 11.8. The lowest BCUT2D eigenvalue weighted by Gasteiger charge is -2.10. The van der Waals surface area contributed by atoms with Gasteiger partial charge in [-0.1, -0.05) is 24.3 Å². The van der Waals surface area contributed by atoms with Crippen LogP contribution in [-0.2, 0) is 15.6 Å². The van der Waals surface area contributed by atoms with Gasteiger partial charge in [-0.15, -0.1) is 0 Å². The Morgan fingerprint density at radius 3 is 2.55 bits per heavy atom. The van der Waals surface area contributed by atoms with Gasteiger partial charge < -0.3 is 5.73 Å². The quantitative estimate of drug-likeness (QED) is 0.878. The van der Waals surface area contributed by atoms with Crippen LogP contribution in [0.1, 0.15) is 16.7 Å². The van der Waals surface area contributed by atoms with Gasteiger partial charge in [-0.3, -0.25) is 0 Å². The molecule has 0 saturated heterocycles. The Bertz CT molecular complexity index is 790. The van der Waals surface area contributed by atoms with E-state index in [1.54, 1.807) is 43.3 Å². The van der Waals surface area contributed by atoms with E-state index in [1.807, 2.05) is 6.07 Å². The summed E-state index contributed by atoms with van der Waals surface area (Å²) in [6, 6.07) is 13.5. The monoisotopic (exact) mass is 286 g/mol. The normalized spacial score (nSPS) is 11.0. The molecule has 0 saturated carbocycles. The fraction of sp³-hybridized carbons (Fsp3) is 0.133. The molecule has 2 rings (SSSR count). The predicted octanol–water partition coefficient (Wildman–Crippen LogP) is 2.42. The molecule has 0 amide bonds. The molecule has 102 valence electrons. The Kier molecular flexibility index (Phi) is 3.77. The van der Waals surface area contributed by atoms with E-state index in [0.29, 0.717) is 22.4 Å². The molecule has 5 heteroatoms. The number of nitrogens with two attached hydrogens (primary N) is 1. The van der Waals surface area contributed by atoms with Crippen LogP contribution in [0.2, 0.25) is 0 Å². The Hall–Kier alpha value is -2.32. The second-order valence-corrected chi connectivity index (χ2v) is 6.46. The molecule has 0 spiro atoms. The summed E-state index contributed by atoms with van der Waals surface area (Å²) in [5.41, 5.74) is 7.61. The number of hydrogen-bond acceptors (Lipinski definition) is 4. The summed E-state index contributed by atoms with van der Waals surface area (Å²) in [6.45, 7) is 1.68. The minimum absolute atomic E-state index is 0.207. The molecule has 20 heavy (non-hydrogen) atoms. The average molecular weight is 286 g/mol. The third kappa shape index (κ3) is 2.65. The van der Waals surface area contributed by atoms with Gasteiger partial charge in [0.2, 0.25) is 0 Å². The van der Waals surface area contributed by atoms with E-state index in [2.05, 4.69) is 0 Å². The highest BCUT2D eigenvalue weighted by Gasteiger charge is 2.20. The first-order valence-corrected chi connectivity index (χ1v) is 7.67. The fourth-order valence-corrected chi connectivity index (χ4v) is 3.69. The van der Waals surface area contributed by atoms with Crippen LogP contribution in [0.4, 0.5) is 5.69 Å². The lowest BCUT2D eigenvalue weighted by atomic mass is 10.1. The molecule has 0 aliphatic heterocycles. The van der Waals surface area contributed by atoms with Crippen LogP contribution < -0.4 is 5.73 Å². The number of sulfone groups is 1.